The number of hydrogen-bond acceptors (Lipinski definition) is 3. The monoisotopic (exact) mass is 371 g/mol. The average Bonchev–Trinajstić information content (AvgIpc) is 2.60. The Bertz CT molecular complexity index is 676. The minimum atomic E-state index is -0.903. The summed E-state index contributed by atoms with van der Waals surface area (Å²) in [6.07, 6.45) is 6.68. The second-order valence-electron chi connectivity index (χ2n) is 8.82. The SMILES string of the molecule is CCOc1ccc([C@@H](CC(=O)O)NC(=O)C23CC4CC(CC(C4)C2)C3)cc1. The predicted octanol–water partition coefficient (Wildman–Crippen LogP) is 3.93. The van der Waals surface area contributed by atoms with Crippen LogP contribution in [0, 0.1) is 23.2 Å². The van der Waals surface area contributed by atoms with Gasteiger partial charge in [0.05, 0.1) is 19.1 Å². The lowest BCUT2D eigenvalue weighted by Gasteiger charge is -2.55. The number of carboxylic acid groups (broad SMARTS) is 1. The van der Waals surface area contributed by atoms with Crippen molar-refractivity contribution < 1.29 is 19.4 Å². The summed E-state index contributed by atoms with van der Waals surface area (Å²) >= 11 is 0. The molecule has 1 aromatic carbocycles. The molecule has 0 aromatic heterocycles. The summed E-state index contributed by atoms with van der Waals surface area (Å²) in [7, 11) is 0. The van der Waals surface area contributed by atoms with Crippen molar-refractivity contribution >= 4 is 11.9 Å². The molecule has 5 nitrogen and oxygen atoms in total. The third-order valence-corrected chi connectivity index (χ3v) is 6.80. The van der Waals surface area contributed by atoms with E-state index in [4.69, 9.17) is 4.74 Å². The molecular formula is C22H29NO4. The van der Waals surface area contributed by atoms with Crippen molar-refractivity contribution in [1.29, 1.82) is 0 Å². The number of amides is 1. The van der Waals surface area contributed by atoms with Gasteiger partial charge in [0.15, 0.2) is 0 Å². The van der Waals surface area contributed by atoms with E-state index in [9.17, 15) is 14.7 Å². The molecule has 5 heteroatoms. The molecule has 0 aliphatic heterocycles. The molecular weight excluding hydrogens is 342 g/mol. The zero-order chi connectivity index (χ0) is 19.0. The average molecular weight is 371 g/mol. The molecule has 1 atom stereocenters. The standard InChI is InChI=1S/C22H29NO4/c1-2-27-18-5-3-17(4-6-18)19(10-20(24)25)23-21(26)22-11-14-7-15(12-22)9-16(8-14)13-22/h3-6,14-16,19H,2,7-13H2,1H3,(H,23,26)(H,24,25)/t14?,15?,16?,19-,22?/m1/s1. The number of ether oxygens (including phenoxy) is 1. The summed E-state index contributed by atoms with van der Waals surface area (Å²) in [5.74, 6) is 1.98. The highest BCUT2D eigenvalue weighted by Crippen LogP contribution is 2.60. The first kappa shape index (κ1) is 18.3. The predicted molar refractivity (Wildman–Crippen MR) is 101 cm³/mol. The number of carbonyl (C=O) groups excluding carboxylic acids is 1. The Morgan fingerprint density at radius 3 is 2.15 bits per heavy atom. The third kappa shape index (κ3) is 3.69. The van der Waals surface area contributed by atoms with Crippen molar-refractivity contribution in [3.8, 4) is 5.75 Å². The highest BCUT2D eigenvalue weighted by atomic mass is 16.5. The molecule has 4 aliphatic rings. The van der Waals surface area contributed by atoms with Crippen LogP contribution in [0.1, 0.15) is 63.5 Å². The Morgan fingerprint density at radius 2 is 1.67 bits per heavy atom. The summed E-state index contributed by atoms with van der Waals surface area (Å²) in [4.78, 5) is 24.7. The Hall–Kier alpha value is -2.04. The molecule has 1 aromatic rings. The smallest absolute Gasteiger partial charge is 0.305 e. The van der Waals surface area contributed by atoms with E-state index in [2.05, 4.69) is 5.32 Å². The Labute approximate surface area is 160 Å². The number of aliphatic carboxylic acids is 1. The van der Waals surface area contributed by atoms with Crippen LogP contribution in [0.4, 0.5) is 0 Å². The van der Waals surface area contributed by atoms with Gasteiger partial charge in [0.1, 0.15) is 5.75 Å². The van der Waals surface area contributed by atoms with Crippen LogP contribution in [0.2, 0.25) is 0 Å². The Morgan fingerprint density at radius 1 is 1.11 bits per heavy atom. The van der Waals surface area contributed by atoms with Gasteiger partial charge in [-0.1, -0.05) is 12.1 Å². The van der Waals surface area contributed by atoms with Gasteiger partial charge in [0, 0.05) is 5.41 Å². The fraction of sp³-hybridized carbons (Fsp3) is 0.636. The number of benzene rings is 1. The van der Waals surface area contributed by atoms with E-state index in [1.807, 2.05) is 31.2 Å². The van der Waals surface area contributed by atoms with Gasteiger partial charge in [-0.2, -0.15) is 0 Å². The first-order chi connectivity index (χ1) is 13.0. The van der Waals surface area contributed by atoms with Crippen LogP contribution < -0.4 is 10.1 Å². The second kappa shape index (κ2) is 7.17. The van der Waals surface area contributed by atoms with Gasteiger partial charge in [0.25, 0.3) is 0 Å². The number of carboxylic acids is 1. The fourth-order valence-corrected chi connectivity index (χ4v) is 6.09. The molecule has 0 saturated heterocycles. The molecule has 1 amide bonds. The van der Waals surface area contributed by atoms with E-state index in [1.54, 1.807) is 0 Å². The molecule has 0 unspecified atom stereocenters. The lowest BCUT2D eigenvalue weighted by atomic mass is 9.49. The van der Waals surface area contributed by atoms with Crippen LogP contribution in [-0.2, 0) is 9.59 Å². The lowest BCUT2D eigenvalue weighted by Crippen LogP contribution is -2.54. The van der Waals surface area contributed by atoms with Gasteiger partial charge in [-0.05, 0) is 80.9 Å². The van der Waals surface area contributed by atoms with E-state index in [0.29, 0.717) is 24.4 Å². The van der Waals surface area contributed by atoms with Crippen molar-refractivity contribution in [1.82, 2.24) is 5.32 Å². The summed E-state index contributed by atoms with van der Waals surface area (Å²) in [5.41, 5.74) is 0.551. The molecule has 27 heavy (non-hydrogen) atoms. The van der Waals surface area contributed by atoms with Crippen LogP contribution in [0.25, 0.3) is 0 Å². The number of rotatable bonds is 7. The zero-order valence-corrected chi connectivity index (χ0v) is 15.9. The van der Waals surface area contributed by atoms with Crippen LogP contribution in [0.3, 0.4) is 0 Å². The second-order valence-corrected chi connectivity index (χ2v) is 8.82. The first-order valence-electron chi connectivity index (χ1n) is 10.2. The van der Waals surface area contributed by atoms with Crippen molar-refractivity contribution in [2.24, 2.45) is 23.2 Å². The summed E-state index contributed by atoms with van der Waals surface area (Å²) in [5, 5.41) is 12.5. The van der Waals surface area contributed by atoms with E-state index >= 15 is 0 Å². The fourth-order valence-electron chi connectivity index (χ4n) is 6.09. The highest BCUT2D eigenvalue weighted by molar-refractivity contribution is 5.84. The van der Waals surface area contributed by atoms with E-state index in [-0.39, 0.29) is 17.7 Å². The summed E-state index contributed by atoms with van der Waals surface area (Å²) < 4.78 is 5.46. The normalized spacial score (nSPS) is 32.1. The molecule has 146 valence electrons. The molecule has 4 aliphatic carbocycles. The number of carbonyl (C=O) groups is 2. The van der Waals surface area contributed by atoms with E-state index in [1.165, 1.54) is 19.3 Å². The van der Waals surface area contributed by atoms with Gasteiger partial charge in [0.2, 0.25) is 5.91 Å². The summed E-state index contributed by atoms with van der Waals surface area (Å²) in [6, 6.07) is 6.89. The van der Waals surface area contributed by atoms with Gasteiger partial charge in [-0.3, -0.25) is 9.59 Å². The van der Waals surface area contributed by atoms with Crippen LogP contribution in [0.15, 0.2) is 24.3 Å². The van der Waals surface area contributed by atoms with Crippen molar-refractivity contribution in [3.63, 3.8) is 0 Å². The largest absolute Gasteiger partial charge is 0.494 e. The lowest BCUT2D eigenvalue weighted by molar-refractivity contribution is -0.147. The maximum absolute atomic E-state index is 13.3. The first-order valence-corrected chi connectivity index (χ1v) is 10.2. The van der Waals surface area contributed by atoms with Crippen molar-refractivity contribution in [2.45, 2.75) is 57.9 Å². The minimum absolute atomic E-state index is 0.0711. The number of nitrogens with one attached hydrogen (secondary N) is 1. The molecule has 2 N–H and O–H groups in total. The maximum atomic E-state index is 13.3. The van der Waals surface area contributed by atoms with Crippen molar-refractivity contribution in [2.75, 3.05) is 6.61 Å². The van der Waals surface area contributed by atoms with Crippen LogP contribution >= 0.6 is 0 Å². The van der Waals surface area contributed by atoms with Gasteiger partial charge >= 0.3 is 5.97 Å². The van der Waals surface area contributed by atoms with Gasteiger partial charge in [-0.15, -0.1) is 0 Å². The van der Waals surface area contributed by atoms with E-state index in [0.717, 1.165) is 30.6 Å². The third-order valence-electron chi connectivity index (χ3n) is 6.80. The summed E-state index contributed by atoms with van der Waals surface area (Å²) in [6.45, 7) is 2.51. The molecule has 0 radical (unpaired) electrons. The number of hydrogen-bond donors (Lipinski definition) is 2. The zero-order valence-electron chi connectivity index (χ0n) is 15.9. The minimum Gasteiger partial charge on any atom is -0.494 e. The van der Waals surface area contributed by atoms with Gasteiger partial charge < -0.3 is 15.2 Å². The highest BCUT2D eigenvalue weighted by Gasteiger charge is 2.54. The molecule has 4 saturated carbocycles. The molecule has 0 spiro atoms. The molecule has 4 bridgehead atoms. The molecule has 0 heterocycles. The Balaban J connectivity index is 1.51. The van der Waals surface area contributed by atoms with Crippen molar-refractivity contribution in [3.05, 3.63) is 29.8 Å². The molecule has 5 rings (SSSR count). The van der Waals surface area contributed by atoms with E-state index < -0.39 is 12.0 Å². The maximum Gasteiger partial charge on any atom is 0.305 e. The topological polar surface area (TPSA) is 75.6 Å². The van der Waals surface area contributed by atoms with Crippen LogP contribution in [-0.4, -0.2) is 23.6 Å². The van der Waals surface area contributed by atoms with Gasteiger partial charge in [-0.25, -0.2) is 0 Å². The van der Waals surface area contributed by atoms with Crippen LogP contribution in [0.5, 0.6) is 5.75 Å². The quantitative estimate of drug-likeness (QED) is 0.761. The Kier molecular flexibility index (Phi) is 4.87. The molecule has 4 fully saturated rings.